The number of hydrogen-bond acceptors (Lipinski definition) is 6. The molecule has 0 unspecified atom stereocenters. The van der Waals surface area contributed by atoms with Crippen molar-refractivity contribution >= 4 is 28.8 Å². The number of allylic oxidation sites excluding steroid dienone is 1. The Labute approximate surface area is 240 Å². The molecule has 3 rings (SSSR count). The molecule has 0 spiro atoms. The topological polar surface area (TPSA) is 126 Å². The van der Waals surface area contributed by atoms with E-state index in [0.29, 0.717) is 24.4 Å². The van der Waals surface area contributed by atoms with E-state index in [4.69, 9.17) is 0 Å². The lowest BCUT2D eigenvalue weighted by Crippen LogP contribution is -2.42. The summed E-state index contributed by atoms with van der Waals surface area (Å²) in [6.07, 6.45) is 7.34. The third-order valence-corrected chi connectivity index (χ3v) is 7.08. The third-order valence-electron chi connectivity index (χ3n) is 7.08. The van der Waals surface area contributed by atoms with E-state index in [9.17, 15) is 19.2 Å². The summed E-state index contributed by atoms with van der Waals surface area (Å²) in [4.78, 5) is 59.9. The average Bonchev–Trinajstić information content (AvgIpc) is 3.24. The monoisotopic (exact) mass is 563 g/mol. The first-order valence-corrected chi connectivity index (χ1v) is 13.8. The summed E-state index contributed by atoms with van der Waals surface area (Å²) in [5, 5.41) is 2.56. The first-order chi connectivity index (χ1) is 19.4. The third kappa shape index (κ3) is 7.93. The SMILES string of the molecule is COC(=O)N[C@@H](CC/C=C/C(=O)N(C)C)C(=O)Cc1cccn(Cc2[nH]c3c(CC(C)C)c(C)cnc3c2C)c1=O. The number of methoxy groups -OCH3 is 1. The maximum Gasteiger partial charge on any atom is 0.407 e. The zero-order chi connectivity index (χ0) is 30.3. The van der Waals surface area contributed by atoms with Crippen molar-refractivity contribution in [2.24, 2.45) is 5.92 Å². The number of amides is 2. The molecular formula is C31H41N5O5. The first kappa shape index (κ1) is 31.3. The van der Waals surface area contributed by atoms with Gasteiger partial charge in [-0.15, -0.1) is 0 Å². The smallest absolute Gasteiger partial charge is 0.407 e. The molecule has 2 amide bonds. The summed E-state index contributed by atoms with van der Waals surface area (Å²) in [5.41, 5.74) is 6.19. The van der Waals surface area contributed by atoms with E-state index in [1.54, 1.807) is 43.1 Å². The molecule has 0 aliphatic heterocycles. The Kier molecular flexibility index (Phi) is 10.6. The summed E-state index contributed by atoms with van der Waals surface area (Å²) in [6.45, 7) is 8.73. The molecule has 0 saturated heterocycles. The van der Waals surface area contributed by atoms with Crippen LogP contribution >= 0.6 is 0 Å². The van der Waals surface area contributed by atoms with Crippen LogP contribution in [-0.4, -0.2) is 64.5 Å². The summed E-state index contributed by atoms with van der Waals surface area (Å²) < 4.78 is 6.26. The van der Waals surface area contributed by atoms with Crippen LogP contribution in [0.4, 0.5) is 4.79 Å². The van der Waals surface area contributed by atoms with E-state index < -0.39 is 12.1 Å². The molecule has 220 valence electrons. The van der Waals surface area contributed by atoms with Gasteiger partial charge in [0.25, 0.3) is 5.56 Å². The van der Waals surface area contributed by atoms with Gasteiger partial charge in [0.15, 0.2) is 5.78 Å². The van der Waals surface area contributed by atoms with Crippen LogP contribution in [0.25, 0.3) is 11.0 Å². The number of pyridine rings is 2. The lowest BCUT2D eigenvalue weighted by Gasteiger charge is -2.16. The second-order valence-electron chi connectivity index (χ2n) is 11.0. The molecule has 10 heteroatoms. The highest BCUT2D eigenvalue weighted by Gasteiger charge is 2.22. The number of aromatic amines is 1. The molecule has 41 heavy (non-hydrogen) atoms. The Bertz CT molecular complexity index is 1500. The Morgan fingerprint density at radius 2 is 1.95 bits per heavy atom. The van der Waals surface area contributed by atoms with Crippen LogP contribution in [0, 0.1) is 19.8 Å². The largest absolute Gasteiger partial charge is 0.453 e. The molecule has 0 saturated carbocycles. The van der Waals surface area contributed by atoms with Gasteiger partial charge in [-0.3, -0.25) is 19.4 Å². The number of hydrogen-bond donors (Lipinski definition) is 2. The van der Waals surface area contributed by atoms with Gasteiger partial charge in [0.05, 0.1) is 30.7 Å². The minimum Gasteiger partial charge on any atom is -0.453 e. The fourth-order valence-electron chi connectivity index (χ4n) is 4.72. The number of H-pyrrole nitrogens is 1. The minimum atomic E-state index is -0.876. The zero-order valence-electron chi connectivity index (χ0n) is 25.0. The van der Waals surface area contributed by atoms with E-state index in [1.807, 2.05) is 13.1 Å². The molecule has 0 aliphatic carbocycles. The quantitative estimate of drug-likeness (QED) is 0.323. The highest BCUT2D eigenvalue weighted by Crippen LogP contribution is 2.27. The van der Waals surface area contributed by atoms with Crippen molar-refractivity contribution in [1.29, 1.82) is 0 Å². The first-order valence-electron chi connectivity index (χ1n) is 13.8. The number of nitrogens with zero attached hydrogens (tertiary/aromatic N) is 3. The summed E-state index contributed by atoms with van der Waals surface area (Å²) in [5.74, 6) is -0.0134. The van der Waals surface area contributed by atoms with Gasteiger partial charge in [0, 0.05) is 44.2 Å². The lowest BCUT2D eigenvalue weighted by molar-refractivity contribution is -0.123. The van der Waals surface area contributed by atoms with Crippen LogP contribution in [0.2, 0.25) is 0 Å². The number of aryl methyl sites for hydroxylation is 2. The minimum absolute atomic E-state index is 0.153. The van der Waals surface area contributed by atoms with Crippen molar-refractivity contribution in [1.82, 2.24) is 24.8 Å². The van der Waals surface area contributed by atoms with Crippen molar-refractivity contribution in [3.8, 4) is 0 Å². The number of likely N-dealkylation sites (N-methyl/N-ethyl adjacent to an activating group) is 1. The van der Waals surface area contributed by atoms with Crippen LogP contribution in [0.3, 0.4) is 0 Å². The normalized spacial score (nSPS) is 12.2. The average molecular weight is 564 g/mol. The van der Waals surface area contributed by atoms with Gasteiger partial charge < -0.3 is 24.5 Å². The van der Waals surface area contributed by atoms with Crippen molar-refractivity contribution in [3.05, 3.63) is 75.0 Å². The number of aromatic nitrogens is 3. The van der Waals surface area contributed by atoms with Crippen LogP contribution < -0.4 is 10.9 Å². The van der Waals surface area contributed by atoms with E-state index in [0.717, 1.165) is 34.3 Å². The number of alkyl carbamates (subject to hydrolysis) is 1. The van der Waals surface area contributed by atoms with E-state index in [-0.39, 0.29) is 30.1 Å². The second-order valence-corrected chi connectivity index (χ2v) is 11.0. The predicted molar refractivity (Wildman–Crippen MR) is 159 cm³/mol. The van der Waals surface area contributed by atoms with Crippen LogP contribution in [0.5, 0.6) is 0 Å². The zero-order valence-corrected chi connectivity index (χ0v) is 25.0. The van der Waals surface area contributed by atoms with E-state index in [2.05, 4.69) is 40.8 Å². The number of fused-ring (bicyclic) bond motifs is 1. The summed E-state index contributed by atoms with van der Waals surface area (Å²) in [6, 6.07) is 2.50. The number of Topliss-reactive ketones (excluding diaryl/α,β-unsaturated/α-hetero) is 1. The van der Waals surface area contributed by atoms with Crippen molar-refractivity contribution in [3.63, 3.8) is 0 Å². The Hall–Kier alpha value is -4.21. The number of rotatable bonds is 12. The van der Waals surface area contributed by atoms with Gasteiger partial charge in [-0.2, -0.15) is 0 Å². The Morgan fingerprint density at radius 3 is 2.61 bits per heavy atom. The van der Waals surface area contributed by atoms with E-state index >= 15 is 0 Å². The maximum atomic E-state index is 13.4. The van der Waals surface area contributed by atoms with Gasteiger partial charge in [0.2, 0.25) is 5.91 Å². The van der Waals surface area contributed by atoms with Crippen molar-refractivity contribution in [2.45, 2.75) is 66.0 Å². The van der Waals surface area contributed by atoms with Gasteiger partial charge in [-0.1, -0.05) is 26.0 Å². The number of ether oxygens (including phenoxy) is 1. The van der Waals surface area contributed by atoms with Crippen molar-refractivity contribution in [2.75, 3.05) is 21.2 Å². The molecule has 0 aliphatic rings. The fourth-order valence-corrected chi connectivity index (χ4v) is 4.72. The number of carbonyl (C=O) groups is 3. The number of ketones is 1. The molecule has 0 fully saturated rings. The molecular weight excluding hydrogens is 522 g/mol. The van der Waals surface area contributed by atoms with Gasteiger partial charge in [-0.25, -0.2) is 4.79 Å². The second kappa shape index (κ2) is 13.9. The summed E-state index contributed by atoms with van der Waals surface area (Å²) >= 11 is 0. The van der Waals surface area contributed by atoms with Crippen LogP contribution in [0.1, 0.15) is 54.6 Å². The van der Waals surface area contributed by atoms with E-state index in [1.165, 1.54) is 23.6 Å². The molecule has 3 aromatic heterocycles. The highest BCUT2D eigenvalue weighted by atomic mass is 16.5. The summed E-state index contributed by atoms with van der Waals surface area (Å²) in [7, 11) is 4.51. The highest BCUT2D eigenvalue weighted by molar-refractivity contribution is 5.89. The molecule has 0 radical (unpaired) electrons. The fraction of sp³-hybridized carbons (Fsp3) is 0.452. The van der Waals surface area contributed by atoms with Crippen molar-refractivity contribution < 1.29 is 19.1 Å². The van der Waals surface area contributed by atoms with Gasteiger partial charge in [0.1, 0.15) is 0 Å². The molecule has 0 aromatic carbocycles. The van der Waals surface area contributed by atoms with Crippen LogP contribution in [-0.2, 0) is 33.7 Å². The van der Waals surface area contributed by atoms with Gasteiger partial charge in [-0.05, 0) is 67.9 Å². The Morgan fingerprint density at radius 1 is 1.22 bits per heavy atom. The molecule has 3 aromatic rings. The molecule has 1 atom stereocenters. The standard InChI is InChI=1S/C31H41N5O5/c1-19(2)15-23-20(3)17-32-28-21(4)25(33-29(23)28)18-36-14-10-11-22(30(36)39)16-26(37)24(34-31(40)41-7)12-8-9-13-27(38)35(5)6/h9-11,13-14,17,19,24,33H,8,12,15-16,18H2,1-7H3,(H,34,40)/b13-9+/t24-/m0/s1. The Balaban J connectivity index is 1.82. The number of nitrogens with one attached hydrogen (secondary N) is 2. The maximum absolute atomic E-state index is 13.4. The molecule has 0 bridgehead atoms. The van der Waals surface area contributed by atoms with Crippen LogP contribution in [0.15, 0.2) is 41.5 Å². The molecule has 2 N–H and O–H groups in total. The molecule has 3 heterocycles. The lowest BCUT2D eigenvalue weighted by atomic mass is 9.98. The molecule has 10 nitrogen and oxygen atoms in total. The van der Waals surface area contributed by atoms with Gasteiger partial charge >= 0.3 is 6.09 Å². The number of carbonyl (C=O) groups excluding carboxylic acids is 3. The predicted octanol–water partition coefficient (Wildman–Crippen LogP) is 3.85.